The molecule has 8 heteroatoms. The van der Waals surface area contributed by atoms with Crippen molar-refractivity contribution >= 4 is 28.3 Å². The van der Waals surface area contributed by atoms with E-state index < -0.39 is 0 Å². The first kappa shape index (κ1) is 22.5. The molecule has 0 aliphatic carbocycles. The Bertz CT molecular complexity index is 1310. The maximum Gasteiger partial charge on any atom is 0.322 e. The fraction of sp³-hybridized carbons (Fsp3) is 0.222. The molecule has 4 aromatic rings. The van der Waals surface area contributed by atoms with Crippen LogP contribution in [0.2, 0.25) is 0 Å². The molecule has 3 aromatic carbocycles. The summed E-state index contributed by atoms with van der Waals surface area (Å²) in [5.41, 5.74) is 2.43. The predicted molar refractivity (Wildman–Crippen MR) is 137 cm³/mol. The van der Waals surface area contributed by atoms with Gasteiger partial charge in [-0.05, 0) is 35.0 Å². The average Bonchev–Trinajstić information content (AvgIpc) is 2.93. The van der Waals surface area contributed by atoms with Crippen LogP contribution in [0.15, 0.2) is 72.8 Å². The highest BCUT2D eigenvalue weighted by Crippen LogP contribution is 2.34. The fourth-order valence-electron chi connectivity index (χ4n) is 4.39. The number of nitrogens with one attached hydrogen (secondary N) is 1. The van der Waals surface area contributed by atoms with E-state index in [1.807, 2.05) is 36.4 Å². The molecule has 0 saturated carbocycles. The van der Waals surface area contributed by atoms with Crippen LogP contribution < -0.4 is 19.7 Å². The number of aromatic nitrogens is 2. The molecule has 0 bridgehead atoms. The van der Waals surface area contributed by atoms with Crippen LogP contribution in [0.1, 0.15) is 0 Å². The summed E-state index contributed by atoms with van der Waals surface area (Å²) in [4.78, 5) is 16.8. The lowest BCUT2D eigenvalue weighted by atomic mass is 10.0. The molecule has 8 nitrogen and oxygen atoms in total. The first-order valence-corrected chi connectivity index (χ1v) is 11.5. The van der Waals surface area contributed by atoms with Crippen molar-refractivity contribution in [3.8, 4) is 22.8 Å². The molecule has 0 radical (unpaired) electrons. The Morgan fingerprint density at radius 3 is 2.17 bits per heavy atom. The van der Waals surface area contributed by atoms with Crippen molar-refractivity contribution in [2.45, 2.75) is 0 Å². The number of urea groups is 1. The van der Waals surface area contributed by atoms with Gasteiger partial charge < -0.3 is 24.6 Å². The van der Waals surface area contributed by atoms with E-state index >= 15 is 0 Å². The lowest BCUT2D eigenvalue weighted by Crippen LogP contribution is -2.50. The minimum atomic E-state index is -0.190. The van der Waals surface area contributed by atoms with E-state index in [4.69, 9.17) is 9.47 Å². The van der Waals surface area contributed by atoms with Crippen molar-refractivity contribution in [1.29, 1.82) is 0 Å². The Balaban J connectivity index is 1.24. The van der Waals surface area contributed by atoms with Gasteiger partial charge in [0.1, 0.15) is 17.2 Å². The quantitative estimate of drug-likeness (QED) is 0.458. The second-order valence-corrected chi connectivity index (χ2v) is 8.25. The van der Waals surface area contributed by atoms with Crippen LogP contribution in [-0.4, -0.2) is 61.5 Å². The third-order valence-electron chi connectivity index (χ3n) is 6.27. The number of piperazine rings is 1. The van der Waals surface area contributed by atoms with Crippen LogP contribution in [0.3, 0.4) is 0 Å². The van der Waals surface area contributed by atoms with Crippen LogP contribution in [0.5, 0.6) is 11.5 Å². The van der Waals surface area contributed by atoms with Crippen LogP contribution in [0.25, 0.3) is 22.0 Å². The molecule has 0 unspecified atom stereocenters. The van der Waals surface area contributed by atoms with Crippen molar-refractivity contribution in [1.82, 2.24) is 15.1 Å². The van der Waals surface area contributed by atoms with E-state index in [0.717, 1.165) is 22.5 Å². The first-order valence-electron chi connectivity index (χ1n) is 11.5. The lowest BCUT2D eigenvalue weighted by Gasteiger charge is -2.35. The van der Waals surface area contributed by atoms with Gasteiger partial charge in [-0.1, -0.05) is 48.5 Å². The number of fused-ring (bicyclic) bond motifs is 1. The van der Waals surface area contributed by atoms with Gasteiger partial charge in [0.2, 0.25) is 0 Å². The highest BCUT2D eigenvalue weighted by molar-refractivity contribution is 5.96. The third kappa shape index (κ3) is 4.55. The standard InChI is InChI=1S/C27H27N5O3/c1-34-23-11-6-12-24(35-2)26(23)28-27(33)32-17-15-31(16-18-32)25-14-13-22(29-30-25)21-10-5-8-19-7-3-4-9-20(19)21/h3-14H,15-18H2,1-2H3,(H,28,33). The second-order valence-electron chi connectivity index (χ2n) is 8.25. The fourth-order valence-corrected chi connectivity index (χ4v) is 4.39. The van der Waals surface area contributed by atoms with E-state index in [-0.39, 0.29) is 6.03 Å². The second kappa shape index (κ2) is 9.89. The number of anilines is 2. The first-order chi connectivity index (χ1) is 17.2. The van der Waals surface area contributed by atoms with E-state index in [1.165, 1.54) is 5.39 Å². The molecule has 1 aromatic heterocycles. The number of carbonyl (C=O) groups excluding carboxylic acids is 1. The number of para-hydroxylation sites is 1. The summed E-state index contributed by atoms with van der Waals surface area (Å²) in [6.45, 7) is 2.46. The van der Waals surface area contributed by atoms with Gasteiger partial charge in [0.25, 0.3) is 0 Å². The number of amides is 2. The molecule has 0 spiro atoms. The van der Waals surface area contributed by atoms with Gasteiger partial charge in [0, 0.05) is 31.7 Å². The number of nitrogens with zero attached hydrogens (tertiary/aromatic N) is 4. The van der Waals surface area contributed by atoms with Crippen LogP contribution in [0.4, 0.5) is 16.3 Å². The van der Waals surface area contributed by atoms with Gasteiger partial charge in [-0.2, -0.15) is 0 Å². The van der Waals surface area contributed by atoms with Gasteiger partial charge in [0.15, 0.2) is 5.82 Å². The third-order valence-corrected chi connectivity index (χ3v) is 6.27. The van der Waals surface area contributed by atoms with Crippen molar-refractivity contribution < 1.29 is 14.3 Å². The highest BCUT2D eigenvalue weighted by Gasteiger charge is 2.24. The summed E-state index contributed by atoms with van der Waals surface area (Å²) in [5.74, 6) is 1.91. The normalized spacial score (nSPS) is 13.5. The Labute approximate surface area is 204 Å². The minimum Gasteiger partial charge on any atom is -0.494 e. The summed E-state index contributed by atoms with van der Waals surface area (Å²) < 4.78 is 10.8. The summed E-state index contributed by atoms with van der Waals surface area (Å²) >= 11 is 0. The van der Waals surface area contributed by atoms with E-state index in [9.17, 15) is 4.79 Å². The molecular weight excluding hydrogens is 442 g/mol. The molecule has 1 saturated heterocycles. The molecule has 5 rings (SSSR count). The largest absolute Gasteiger partial charge is 0.494 e. The molecule has 2 heterocycles. The molecule has 178 valence electrons. The summed E-state index contributed by atoms with van der Waals surface area (Å²) in [6, 6.07) is 23.7. The number of hydrogen-bond donors (Lipinski definition) is 1. The Kier molecular flexibility index (Phi) is 6.34. The number of ether oxygens (including phenoxy) is 2. The topological polar surface area (TPSA) is 79.8 Å². The van der Waals surface area contributed by atoms with Crippen molar-refractivity contribution in [3.05, 3.63) is 72.8 Å². The SMILES string of the molecule is COc1cccc(OC)c1NC(=O)N1CCN(c2ccc(-c3cccc4ccccc34)nn2)CC1. The number of rotatable bonds is 5. The number of carbonyl (C=O) groups is 1. The van der Waals surface area contributed by atoms with Crippen LogP contribution >= 0.6 is 0 Å². The van der Waals surface area contributed by atoms with Crippen LogP contribution in [0, 0.1) is 0 Å². The van der Waals surface area contributed by atoms with E-state index in [0.29, 0.717) is 43.4 Å². The van der Waals surface area contributed by atoms with Gasteiger partial charge in [-0.15, -0.1) is 10.2 Å². The minimum absolute atomic E-state index is 0.190. The maximum atomic E-state index is 12.9. The van der Waals surface area contributed by atoms with Crippen molar-refractivity contribution in [2.75, 3.05) is 50.6 Å². The molecule has 35 heavy (non-hydrogen) atoms. The van der Waals surface area contributed by atoms with E-state index in [1.54, 1.807) is 31.3 Å². The number of methoxy groups -OCH3 is 2. The van der Waals surface area contributed by atoms with Gasteiger partial charge >= 0.3 is 6.03 Å². The smallest absolute Gasteiger partial charge is 0.322 e. The zero-order chi connectivity index (χ0) is 24.2. The summed E-state index contributed by atoms with van der Waals surface area (Å²) in [5, 5.41) is 14.3. The van der Waals surface area contributed by atoms with Gasteiger partial charge in [-0.25, -0.2) is 4.79 Å². The molecule has 1 aliphatic heterocycles. The Morgan fingerprint density at radius 1 is 0.800 bits per heavy atom. The maximum absolute atomic E-state index is 12.9. The highest BCUT2D eigenvalue weighted by atomic mass is 16.5. The number of hydrogen-bond acceptors (Lipinski definition) is 6. The molecule has 1 aliphatic rings. The molecule has 1 N–H and O–H groups in total. The number of benzene rings is 3. The molecule has 2 amide bonds. The molecular formula is C27H27N5O3. The Hall–Kier alpha value is -4.33. The summed E-state index contributed by atoms with van der Waals surface area (Å²) in [7, 11) is 3.13. The van der Waals surface area contributed by atoms with Crippen LogP contribution in [-0.2, 0) is 0 Å². The Morgan fingerprint density at radius 2 is 1.49 bits per heavy atom. The van der Waals surface area contributed by atoms with E-state index in [2.05, 4.69) is 44.7 Å². The van der Waals surface area contributed by atoms with Gasteiger partial charge in [-0.3, -0.25) is 0 Å². The van der Waals surface area contributed by atoms with Crippen molar-refractivity contribution in [2.24, 2.45) is 0 Å². The lowest BCUT2D eigenvalue weighted by molar-refractivity contribution is 0.207. The van der Waals surface area contributed by atoms with Crippen molar-refractivity contribution in [3.63, 3.8) is 0 Å². The predicted octanol–water partition coefficient (Wildman–Crippen LogP) is 4.67. The molecule has 1 fully saturated rings. The summed E-state index contributed by atoms with van der Waals surface area (Å²) in [6.07, 6.45) is 0. The van der Waals surface area contributed by atoms with Gasteiger partial charge in [0.05, 0.1) is 19.9 Å². The molecule has 0 atom stereocenters. The monoisotopic (exact) mass is 469 g/mol. The average molecular weight is 470 g/mol. The zero-order valence-electron chi connectivity index (χ0n) is 19.8. The zero-order valence-corrected chi connectivity index (χ0v) is 19.8.